The fourth-order valence-electron chi connectivity index (χ4n) is 2.19. The smallest absolute Gasteiger partial charge is 0.206 e. The van der Waals surface area contributed by atoms with Crippen LogP contribution in [0.5, 0.6) is 5.75 Å². The van der Waals surface area contributed by atoms with Crippen molar-refractivity contribution < 1.29 is 9.13 Å². The van der Waals surface area contributed by atoms with E-state index in [-0.39, 0.29) is 11.8 Å². The number of methoxy groups -OCH3 is 1. The zero-order valence-corrected chi connectivity index (χ0v) is 12.2. The Morgan fingerprint density at radius 1 is 1.25 bits per heavy atom. The van der Waals surface area contributed by atoms with Crippen molar-refractivity contribution in [1.29, 1.82) is 0 Å². The molecule has 0 aliphatic carbocycles. The molecule has 0 saturated heterocycles. The molecule has 0 spiro atoms. The van der Waals surface area contributed by atoms with E-state index in [9.17, 15) is 4.39 Å². The molecule has 6 heteroatoms. The summed E-state index contributed by atoms with van der Waals surface area (Å²) in [4.78, 5) is 4.27. The third-order valence-corrected chi connectivity index (χ3v) is 3.70. The molecule has 0 unspecified atom stereocenters. The highest BCUT2D eigenvalue weighted by Gasteiger charge is 2.17. The molecular weight excluding hydrogens is 325 g/mol. The third-order valence-electron chi connectivity index (χ3n) is 3.06. The Hall–Kier alpha value is -2.08. The minimum Gasteiger partial charge on any atom is -0.494 e. The first-order valence-corrected chi connectivity index (χ1v) is 6.68. The van der Waals surface area contributed by atoms with Crippen LogP contribution >= 0.6 is 15.9 Å². The van der Waals surface area contributed by atoms with Crippen LogP contribution in [0.1, 0.15) is 0 Å². The van der Waals surface area contributed by atoms with Crippen LogP contribution in [0.2, 0.25) is 0 Å². The van der Waals surface area contributed by atoms with Gasteiger partial charge in [0.2, 0.25) is 5.95 Å². The largest absolute Gasteiger partial charge is 0.494 e. The molecule has 4 nitrogen and oxygen atoms in total. The Labute approximate surface area is 123 Å². The molecule has 0 aliphatic heterocycles. The van der Waals surface area contributed by atoms with E-state index in [4.69, 9.17) is 10.5 Å². The van der Waals surface area contributed by atoms with Crippen molar-refractivity contribution in [3.05, 3.63) is 46.7 Å². The van der Waals surface area contributed by atoms with E-state index < -0.39 is 0 Å². The van der Waals surface area contributed by atoms with E-state index >= 15 is 0 Å². The molecule has 0 amide bonds. The van der Waals surface area contributed by atoms with Gasteiger partial charge in [0.1, 0.15) is 17.1 Å². The number of aromatic nitrogens is 2. The maximum absolute atomic E-state index is 14.1. The van der Waals surface area contributed by atoms with Crippen molar-refractivity contribution in [3.8, 4) is 11.4 Å². The Bertz CT molecular complexity index is 780. The van der Waals surface area contributed by atoms with Gasteiger partial charge in [-0.1, -0.05) is 12.1 Å². The number of nitrogen functional groups attached to an aromatic ring is 1. The van der Waals surface area contributed by atoms with Crippen LogP contribution in [0.4, 0.5) is 10.3 Å². The summed E-state index contributed by atoms with van der Waals surface area (Å²) in [6.07, 6.45) is 0. The molecule has 3 rings (SSSR count). The summed E-state index contributed by atoms with van der Waals surface area (Å²) in [6.45, 7) is 0. The number of imidazole rings is 1. The minimum atomic E-state index is -0.381. The molecule has 2 N–H and O–H groups in total. The highest BCUT2D eigenvalue weighted by molar-refractivity contribution is 9.10. The van der Waals surface area contributed by atoms with Gasteiger partial charge in [-0.05, 0) is 40.2 Å². The molecule has 0 bridgehead atoms. The van der Waals surface area contributed by atoms with Crippen LogP contribution in [-0.2, 0) is 0 Å². The number of benzene rings is 2. The second-order valence-electron chi connectivity index (χ2n) is 4.20. The zero-order chi connectivity index (χ0) is 14.3. The first-order valence-electron chi connectivity index (χ1n) is 5.89. The lowest BCUT2D eigenvalue weighted by atomic mass is 10.2. The average molecular weight is 336 g/mol. The van der Waals surface area contributed by atoms with Gasteiger partial charge in [0.25, 0.3) is 0 Å². The molecule has 3 aromatic rings. The van der Waals surface area contributed by atoms with Gasteiger partial charge in [0.05, 0.1) is 18.3 Å². The number of anilines is 1. The summed E-state index contributed by atoms with van der Waals surface area (Å²) in [5.41, 5.74) is 7.58. The topological polar surface area (TPSA) is 53.1 Å². The highest BCUT2D eigenvalue weighted by Crippen LogP contribution is 2.33. The van der Waals surface area contributed by atoms with Gasteiger partial charge in [0.15, 0.2) is 0 Å². The number of para-hydroxylation sites is 2. The summed E-state index contributed by atoms with van der Waals surface area (Å²) < 4.78 is 21.6. The van der Waals surface area contributed by atoms with Gasteiger partial charge < -0.3 is 10.5 Å². The normalized spacial score (nSPS) is 10.9. The summed E-state index contributed by atoms with van der Waals surface area (Å²) in [5, 5.41) is 0. The predicted molar refractivity (Wildman–Crippen MR) is 79.7 cm³/mol. The molecule has 0 aliphatic rings. The van der Waals surface area contributed by atoms with Crippen LogP contribution in [0, 0.1) is 5.82 Å². The van der Waals surface area contributed by atoms with E-state index in [2.05, 4.69) is 20.9 Å². The van der Waals surface area contributed by atoms with Crippen LogP contribution in [-0.4, -0.2) is 16.7 Å². The van der Waals surface area contributed by atoms with E-state index in [0.29, 0.717) is 26.9 Å². The number of fused-ring (bicyclic) bond motifs is 1. The highest BCUT2D eigenvalue weighted by atomic mass is 79.9. The summed E-state index contributed by atoms with van der Waals surface area (Å²) in [5.74, 6) is 0.420. The molecule has 1 heterocycles. The lowest BCUT2D eigenvalue weighted by molar-refractivity contribution is 0.419. The molecule has 1 aromatic heterocycles. The molecule has 102 valence electrons. The van der Waals surface area contributed by atoms with Crippen molar-refractivity contribution in [2.75, 3.05) is 12.8 Å². The summed E-state index contributed by atoms with van der Waals surface area (Å²) >= 11 is 3.35. The van der Waals surface area contributed by atoms with Gasteiger partial charge in [0, 0.05) is 4.47 Å². The first kappa shape index (κ1) is 12.9. The van der Waals surface area contributed by atoms with Gasteiger partial charge in [-0.3, -0.25) is 4.57 Å². The van der Waals surface area contributed by atoms with Crippen molar-refractivity contribution in [2.24, 2.45) is 0 Å². The van der Waals surface area contributed by atoms with Crippen LogP contribution in [0.25, 0.3) is 16.7 Å². The Kier molecular flexibility index (Phi) is 3.10. The number of rotatable bonds is 2. The monoisotopic (exact) mass is 335 g/mol. The number of hydrogen-bond acceptors (Lipinski definition) is 3. The second kappa shape index (κ2) is 4.79. The van der Waals surface area contributed by atoms with Crippen molar-refractivity contribution in [2.45, 2.75) is 0 Å². The summed E-state index contributed by atoms with van der Waals surface area (Å²) in [7, 11) is 1.56. The fraction of sp³-hybridized carbons (Fsp3) is 0.0714. The van der Waals surface area contributed by atoms with E-state index in [0.717, 1.165) is 0 Å². The van der Waals surface area contributed by atoms with Crippen LogP contribution in [0.15, 0.2) is 40.9 Å². The van der Waals surface area contributed by atoms with E-state index in [1.807, 2.05) is 12.1 Å². The maximum atomic E-state index is 14.1. The first-order chi connectivity index (χ1) is 9.63. The molecular formula is C14H11BrFN3O. The fourth-order valence-corrected chi connectivity index (χ4v) is 2.71. The van der Waals surface area contributed by atoms with Crippen molar-refractivity contribution in [3.63, 3.8) is 0 Å². The molecule has 0 fully saturated rings. The second-order valence-corrected chi connectivity index (χ2v) is 5.06. The van der Waals surface area contributed by atoms with E-state index in [1.165, 1.54) is 6.07 Å². The Balaban J connectivity index is 2.40. The molecule has 2 aromatic carbocycles. The number of hydrogen-bond donors (Lipinski definition) is 1. The SMILES string of the molecule is COc1cccc2c1nc(N)n2-c1c(F)cccc1Br. The predicted octanol–water partition coefficient (Wildman–Crippen LogP) is 3.52. The maximum Gasteiger partial charge on any atom is 0.206 e. The van der Waals surface area contributed by atoms with Crippen molar-refractivity contribution in [1.82, 2.24) is 9.55 Å². The third kappa shape index (κ3) is 1.84. The number of nitrogens with zero attached hydrogens (tertiary/aromatic N) is 2. The Morgan fingerprint density at radius 2 is 2.00 bits per heavy atom. The average Bonchev–Trinajstić information content (AvgIpc) is 2.75. The van der Waals surface area contributed by atoms with Gasteiger partial charge in [-0.15, -0.1) is 0 Å². The standard InChI is InChI=1S/C14H11BrFN3O/c1-20-11-7-3-6-10-12(11)18-14(17)19(10)13-8(15)4-2-5-9(13)16/h2-7H,1H3,(H2,17,18). The van der Waals surface area contributed by atoms with Crippen LogP contribution < -0.4 is 10.5 Å². The van der Waals surface area contributed by atoms with Crippen LogP contribution in [0.3, 0.4) is 0 Å². The molecule has 20 heavy (non-hydrogen) atoms. The zero-order valence-electron chi connectivity index (χ0n) is 10.6. The molecule has 0 radical (unpaired) electrons. The van der Waals surface area contributed by atoms with E-state index in [1.54, 1.807) is 29.9 Å². The summed E-state index contributed by atoms with van der Waals surface area (Å²) in [6, 6.07) is 10.2. The Morgan fingerprint density at radius 3 is 2.70 bits per heavy atom. The number of nitrogens with two attached hydrogens (primary N) is 1. The van der Waals surface area contributed by atoms with Gasteiger partial charge in [-0.25, -0.2) is 9.37 Å². The number of ether oxygens (including phenoxy) is 1. The van der Waals surface area contributed by atoms with Gasteiger partial charge in [-0.2, -0.15) is 0 Å². The lowest BCUT2D eigenvalue weighted by Gasteiger charge is -2.10. The molecule has 0 saturated carbocycles. The minimum absolute atomic E-state index is 0.204. The van der Waals surface area contributed by atoms with Crippen molar-refractivity contribution >= 4 is 32.9 Å². The number of halogens is 2. The van der Waals surface area contributed by atoms with Gasteiger partial charge >= 0.3 is 0 Å². The quantitative estimate of drug-likeness (QED) is 0.779. The molecule has 0 atom stereocenters. The lowest BCUT2D eigenvalue weighted by Crippen LogP contribution is -2.03.